The molecule has 222 valence electrons. The standard InChI is InChI=1S/C29H34FN7O5/c1-16(2)36-14-20(28(39)37(29(36)40)19-7-5-6-8-19)27(38)33-18-9-10-22(21(30)13-18)42-23-11-12-31-25-24(23)26(35-34-25)32-17(3)15-41-4/h9-14,16-17,19H,5-8,15H2,1-4H3,(H,33,38)(H2,31,32,34,35)/t17-/m0/s1. The van der Waals surface area contributed by atoms with E-state index in [4.69, 9.17) is 9.47 Å². The normalized spacial score (nSPS) is 14.4. The maximum atomic E-state index is 15.2. The molecule has 1 amide bonds. The minimum atomic E-state index is -0.737. The van der Waals surface area contributed by atoms with Gasteiger partial charge in [-0.1, -0.05) is 12.8 Å². The number of fused-ring (bicyclic) bond motifs is 1. The second-order valence-corrected chi connectivity index (χ2v) is 10.7. The van der Waals surface area contributed by atoms with E-state index in [0.29, 0.717) is 42.0 Å². The van der Waals surface area contributed by atoms with Crippen molar-refractivity contribution >= 4 is 28.4 Å². The molecule has 13 heteroatoms. The lowest BCUT2D eigenvalue weighted by Gasteiger charge is -2.19. The number of carbonyl (C=O) groups excluding carboxylic acids is 1. The van der Waals surface area contributed by atoms with Crippen LogP contribution in [-0.2, 0) is 4.74 Å². The number of ether oxygens (including phenoxy) is 2. The fraction of sp³-hybridized carbons (Fsp3) is 0.414. The van der Waals surface area contributed by atoms with Crippen molar-refractivity contribution in [2.75, 3.05) is 24.4 Å². The zero-order valence-electron chi connectivity index (χ0n) is 23.9. The third-order valence-electron chi connectivity index (χ3n) is 7.27. The van der Waals surface area contributed by atoms with Crippen molar-refractivity contribution in [3.63, 3.8) is 0 Å². The molecule has 1 fully saturated rings. The molecule has 1 aromatic carbocycles. The highest BCUT2D eigenvalue weighted by molar-refractivity contribution is 6.03. The SMILES string of the molecule is COC[C@H](C)Nc1n[nH]c2nccc(Oc3ccc(NC(=O)c4cn(C(C)C)c(=O)n(C5CCCC5)c4=O)cc3F)c12. The lowest BCUT2D eigenvalue weighted by atomic mass is 10.2. The van der Waals surface area contributed by atoms with E-state index in [1.165, 1.54) is 33.7 Å². The predicted octanol–water partition coefficient (Wildman–Crippen LogP) is 4.61. The maximum absolute atomic E-state index is 15.2. The molecule has 1 saturated carbocycles. The van der Waals surface area contributed by atoms with Crippen molar-refractivity contribution in [2.45, 2.75) is 64.6 Å². The average Bonchev–Trinajstić information content (AvgIpc) is 3.61. The molecule has 0 spiro atoms. The Balaban J connectivity index is 1.40. The van der Waals surface area contributed by atoms with E-state index in [1.54, 1.807) is 27.0 Å². The summed E-state index contributed by atoms with van der Waals surface area (Å²) in [5.41, 5.74) is -0.682. The number of nitrogens with one attached hydrogen (secondary N) is 3. The zero-order valence-corrected chi connectivity index (χ0v) is 23.9. The van der Waals surface area contributed by atoms with Gasteiger partial charge in [-0.25, -0.2) is 14.2 Å². The molecule has 0 bridgehead atoms. The number of anilines is 2. The van der Waals surface area contributed by atoms with E-state index < -0.39 is 23.0 Å². The molecule has 12 nitrogen and oxygen atoms in total. The Morgan fingerprint density at radius 1 is 1.17 bits per heavy atom. The molecule has 1 aliphatic carbocycles. The first-order valence-electron chi connectivity index (χ1n) is 13.9. The van der Waals surface area contributed by atoms with Gasteiger partial charge in [-0.15, -0.1) is 0 Å². The van der Waals surface area contributed by atoms with Gasteiger partial charge in [0.15, 0.2) is 23.0 Å². The first-order valence-corrected chi connectivity index (χ1v) is 13.9. The summed E-state index contributed by atoms with van der Waals surface area (Å²) in [6.07, 6.45) is 6.04. The molecule has 3 aromatic heterocycles. The molecule has 0 unspecified atom stereocenters. The van der Waals surface area contributed by atoms with Gasteiger partial charge in [0.05, 0.1) is 6.61 Å². The second kappa shape index (κ2) is 12.1. The van der Waals surface area contributed by atoms with E-state index in [-0.39, 0.29) is 35.1 Å². The monoisotopic (exact) mass is 579 g/mol. The van der Waals surface area contributed by atoms with E-state index in [0.717, 1.165) is 18.9 Å². The number of benzene rings is 1. The summed E-state index contributed by atoms with van der Waals surface area (Å²) in [6, 6.07) is 4.98. The average molecular weight is 580 g/mol. The molecule has 0 aliphatic heterocycles. The van der Waals surface area contributed by atoms with Crippen molar-refractivity contribution in [3.8, 4) is 11.5 Å². The molecule has 4 aromatic rings. The Morgan fingerprint density at radius 2 is 1.93 bits per heavy atom. The molecule has 42 heavy (non-hydrogen) atoms. The van der Waals surface area contributed by atoms with Crippen molar-refractivity contribution in [3.05, 3.63) is 68.9 Å². The molecule has 3 heterocycles. The van der Waals surface area contributed by atoms with Gasteiger partial charge >= 0.3 is 5.69 Å². The smallest absolute Gasteiger partial charge is 0.331 e. The van der Waals surface area contributed by atoms with Crippen LogP contribution in [-0.4, -0.2) is 50.0 Å². The number of carbonyl (C=O) groups is 1. The Bertz CT molecular complexity index is 1720. The quantitative estimate of drug-likeness (QED) is 0.247. The van der Waals surface area contributed by atoms with Crippen LogP contribution in [0.15, 0.2) is 46.2 Å². The largest absolute Gasteiger partial charge is 0.453 e. The molecule has 1 aliphatic rings. The van der Waals surface area contributed by atoms with E-state index >= 15 is 4.39 Å². The lowest BCUT2D eigenvalue weighted by Crippen LogP contribution is -2.45. The number of pyridine rings is 1. The first-order chi connectivity index (χ1) is 20.2. The van der Waals surface area contributed by atoms with Crippen LogP contribution in [0.4, 0.5) is 15.9 Å². The second-order valence-electron chi connectivity index (χ2n) is 10.7. The molecular formula is C29H34FN7O5. The van der Waals surface area contributed by atoms with Crippen LogP contribution in [0.3, 0.4) is 0 Å². The van der Waals surface area contributed by atoms with Crippen LogP contribution in [0, 0.1) is 5.82 Å². The van der Waals surface area contributed by atoms with Crippen LogP contribution in [0.25, 0.3) is 11.0 Å². The number of aromatic amines is 1. The number of hydrogen-bond acceptors (Lipinski definition) is 8. The molecule has 0 radical (unpaired) electrons. The minimum absolute atomic E-state index is 0.0590. The fourth-order valence-corrected chi connectivity index (χ4v) is 5.22. The molecule has 3 N–H and O–H groups in total. The van der Waals surface area contributed by atoms with Crippen molar-refractivity contribution in [1.82, 2.24) is 24.3 Å². The molecular weight excluding hydrogens is 545 g/mol. The van der Waals surface area contributed by atoms with Gasteiger partial charge in [0, 0.05) is 55.4 Å². The van der Waals surface area contributed by atoms with E-state index in [2.05, 4.69) is 25.8 Å². The van der Waals surface area contributed by atoms with Crippen molar-refractivity contribution in [2.24, 2.45) is 0 Å². The van der Waals surface area contributed by atoms with Gasteiger partial charge in [-0.2, -0.15) is 5.10 Å². The van der Waals surface area contributed by atoms with Gasteiger partial charge in [-0.3, -0.25) is 23.8 Å². The third-order valence-corrected chi connectivity index (χ3v) is 7.27. The van der Waals surface area contributed by atoms with Crippen LogP contribution < -0.4 is 26.6 Å². The van der Waals surface area contributed by atoms with Gasteiger partial charge in [0.25, 0.3) is 11.5 Å². The zero-order chi connectivity index (χ0) is 30.0. The van der Waals surface area contributed by atoms with Crippen LogP contribution in [0.1, 0.15) is 68.9 Å². The Hall–Kier alpha value is -4.52. The summed E-state index contributed by atoms with van der Waals surface area (Å²) >= 11 is 0. The maximum Gasteiger partial charge on any atom is 0.331 e. The molecule has 5 rings (SSSR count). The number of rotatable bonds is 10. The number of hydrogen-bond donors (Lipinski definition) is 3. The summed E-state index contributed by atoms with van der Waals surface area (Å²) in [5.74, 6) is -0.759. The Kier molecular flexibility index (Phi) is 8.39. The first kappa shape index (κ1) is 29.0. The Labute approximate surface area is 240 Å². The number of nitrogens with zero attached hydrogens (tertiary/aromatic N) is 4. The summed E-state index contributed by atoms with van der Waals surface area (Å²) in [5, 5.41) is 13.4. The van der Waals surface area contributed by atoms with Crippen LogP contribution in [0.5, 0.6) is 11.5 Å². The summed E-state index contributed by atoms with van der Waals surface area (Å²) < 4.78 is 28.9. The van der Waals surface area contributed by atoms with E-state index in [1.807, 2.05) is 6.92 Å². The summed E-state index contributed by atoms with van der Waals surface area (Å²) in [6.45, 7) is 5.98. The van der Waals surface area contributed by atoms with Gasteiger partial charge in [-0.05, 0) is 45.7 Å². The molecule has 1 atom stereocenters. The number of halogens is 1. The number of methoxy groups -OCH3 is 1. The predicted molar refractivity (Wildman–Crippen MR) is 156 cm³/mol. The Morgan fingerprint density at radius 3 is 2.62 bits per heavy atom. The van der Waals surface area contributed by atoms with Crippen molar-refractivity contribution in [1.29, 1.82) is 0 Å². The van der Waals surface area contributed by atoms with Crippen LogP contribution in [0.2, 0.25) is 0 Å². The number of amides is 1. The van der Waals surface area contributed by atoms with Crippen molar-refractivity contribution < 1.29 is 18.7 Å². The highest BCUT2D eigenvalue weighted by Crippen LogP contribution is 2.34. The fourth-order valence-electron chi connectivity index (χ4n) is 5.22. The number of aromatic nitrogens is 5. The molecule has 0 saturated heterocycles. The third kappa shape index (κ3) is 5.77. The number of H-pyrrole nitrogens is 1. The van der Waals surface area contributed by atoms with Crippen LogP contribution >= 0.6 is 0 Å². The lowest BCUT2D eigenvalue weighted by molar-refractivity contribution is 0.102. The van der Waals surface area contributed by atoms with Gasteiger partial charge < -0.3 is 20.1 Å². The highest BCUT2D eigenvalue weighted by atomic mass is 19.1. The highest BCUT2D eigenvalue weighted by Gasteiger charge is 2.26. The van der Waals surface area contributed by atoms with Gasteiger partial charge in [0.2, 0.25) is 0 Å². The minimum Gasteiger partial charge on any atom is -0.453 e. The topological polar surface area (TPSA) is 145 Å². The summed E-state index contributed by atoms with van der Waals surface area (Å²) in [7, 11) is 1.60. The van der Waals surface area contributed by atoms with Gasteiger partial charge in [0.1, 0.15) is 16.7 Å². The van der Waals surface area contributed by atoms with E-state index in [9.17, 15) is 14.4 Å². The summed E-state index contributed by atoms with van der Waals surface area (Å²) in [4.78, 5) is 43.8.